The van der Waals surface area contributed by atoms with Crippen LogP contribution in [0.15, 0.2) is 18.2 Å². The van der Waals surface area contributed by atoms with E-state index in [1.54, 1.807) is 19.2 Å². The Bertz CT molecular complexity index is 1160. The average Bonchev–Trinajstić information content (AvgIpc) is 3.08. The Morgan fingerprint density at radius 3 is 1.94 bits per heavy atom. The van der Waals surface area contributed by atoms with E-state index in [-0.39, 0.29) is 31.1 Å². The van der Waals surface area contributed by atoms with Crippen molar-refractivity contribution in [3.63, 3.8) is 0 Å². The minimum Gasteiger partial charge on any atom is -0.496 e. The number of anilines is 2. The lowest BCUT2D eigenvalue weighted by atomic mass is 10.0. The summed E-state index contributed by atoms with van der Waals surface area (Å²) in [7, 11) is 1.56. The van der Waals surface area contributed by atoms with Crippen molar-refractivity contribution in [1.82, 2.24) is 15.3 Å². The molecule has 1 heterocycles. The van der Waals surface area contributed by atoms with E-state index in [2.05, 4.69) is 27.5 Å². The Hall–Kier alpha value is -3.15. The first-order valence-corrected chi connectivity index (χ1v) is 16.5. The van der Waals surface area contributed by atoms with Crippen LogP contribution in [0, 0.1) is 6.92 Å². The molecule has 0 unspecified atom stereocenters. The highest BCUT2D eigenvalue weighted by Crippen LogP contribution is 2.28. The van der Waals surface area contributed by atoms with E-state index in [1.165, 1.54) is 0 Å². The summed E-state index contributed by atoms with van der Waals surface area (Å²) in [6, 6.07) is 5.15. The molecule has 272 valence electrons. The number of carbonyl (C=O) groups excluding carboxylic acids is 1. The first-order chi connectivity index (χ1) is 23.4. The molecule has 1 amide bonds. The number of benzene rings is 1. The monoisotopic (exact) mass is 681 g/mol. The lowest BCUT2D eigenvalue weighted by molar-refractivity contribution is -0.0180. The number of methoxy groups -OCH3 is 1. The summed E-state index contributed by atoms with van der Waals surface area (Å²) in [6.07, 6.45) is 2.13. The molecule has 48 heavy (non-hydrogen) atoms. The summed E-state index contributed by atoms with van der Waals surface area (Å²) in [6.45, 7) is 9.43. The molecular weight excluding hydrogens is 626 g/mol. The second kappa shape index (κ2) is 25.8. The van der Waals surface area contributed by atoms with E-state index >= 15 is 0 Å². The van der Waals surface area contributed by atoms with Gasteiger partial charge in [0.05, 0.1) is 106 Å². The molecule has 1 aromatic carbocycles. The van der Waals surface area contributed by atoms with Gasteiger partial charge in [0.2, 0.25) is 5.95 Å². The molecule has 0 fully saturated rings. The van der Waals surface area contributed by atoms with Gasteiger partial charge in [-0.05, 0) is 31.0 Å². The van der Waals surface area contributed by atoms with Gasteiger partial charge in [-0.2, -0.15) is 4.98 Å². The third-order valence-electron chi connectivity index (χ3n) is 6.97. The van der Waals surface area contributed by atoms with Gasteiger partial charge in [-0.15, -0.1) is 0 Å². The zero-order valence-electron chi connectivity index (χ0n) is 28.7. The first-order valence-electron chi connectivity index (χ1n) is 16.5. The van der Waals surface area contributed by atoms with Crippen molar-refractivity contribution in [3.8, 4) is 5.75 Å². The molecule has 0 saturated carbocycles. The molecular formula is C33H55N5O10. The van der Waals surface area contributed by atoms with Crippen LogP contribution in [0.5, 0.6) is 5.75 Å². The molecule has 0 aliphatic heterocycles. The quantitative estimate of drug-likeness (QED) is 0.0772. The number of aliphatic hydroxyl groups excluding tert-OH is 2. The average molecular weight is 682 g/mol. The molecule has 1 aromatic heterocycles. The van der Waals surface area contributed by atoms with Crippen LogP contribution in [0.4, 0.5) is 11.8 Å². The van der Waals surface area contributed by atoms with Gasteiger partial charge in [0, 0.05) is 29.8 Å². The molecule has 1 atom stereocenters. The highest BCUT2D eigenvalue weighted by atomic mass is 16.6. The molecule has 15 nitrogen and oxygen atoms in total. The number of hydrogen-bond acceptors (Lipinski definition) is 14. The van der Waals surface area contributed by atoms with Gasteiger partial charge in [-0.25, -0.2) is 4.98 Å². The third-order valence-corrected chi connectivity index (χ3v) is 6.97. The van der Waals surface area contributed by atoms with E-state index in [4.69, 9.17) is 44.0 Å². The number of nitrogens with one attached hydrogen (secondary N) is 2. The minimum absolute atomic E-state index is 0.0109. The van der Waals surface area contributed by atoms with Crippen molar-refractivity contribution in [1.29, 1.82) is 0 Å². The standard InChI is InChI=1S/C33H55N5O10/c1-4-5-28(24-40)37-31-29(25(2)36-33(34)38-31)22-26-6-7-27(23-30(26)42-3)32(41)35-8-10-43-12-14-45-16-18-47-20-21-48-19-17-46-15-13-44-11-9-39/h6-7,23,28,39-40H,4-5,8-22,24H2,1-3H3,(H,35,41)(H3,34,36,37,38)/t28-/m0/s1. The molecule has 15 heteroatoms. The number of ether oxygens (including phenoxy) is 7. The van der Waals surface area contributed by atoms with E-state index in [0.29, 0.717) is 109 Å². The summed E-state index contributed by atoms with van der Waals surface area (Å²) >= 11 is 0. The number of aliphatic hydroxyl groups is 2. The van der Waals surface area contributed by atoms with Crippen LogP contribution in [0.25, 0.3) is 0 Å². The van der Waals surface area contributed by atoms with E-state index < -0.39 is 0 Å². The van der Waals surface area contributed by atoms with E-state index in [1.807, 2.05) is 13.0 Å². The number of carbonyl (C=O) groups is 1. The number of aryl methyl sites for hydroxylation is 1. The summed E-state index contributed by atoms with van der Waals surface area (Å²) in [5, 5.41) is 24.6. The molecule has 0 spiro atoms. The normalized spacial score (nSPS) is 11.9. The van der Waals surface area contributed by atoms with Gasteiger partial charge in [-0.3, -0.25) is 4.79 Å². The van der Waals surface area contributed by atoms with Crippen molar-refractivity contribution in [2.24, 2.45) is 0 Å². The van der Waals surface area contributed by atoms with Crippen LogP contribution in [0.1, 0.15) is 46.9 Å². The van der Waals surface area contributed by atoms with Crippen LogP contribution in [-0.4, -0.2) is 138 Å². The lowest BCUT2D eigenvalue weighted by Gasteiger charge is -2.20. The molecule has 2 rings (SSSR count). The third kappa shape index (κ3) is 16.8. The maximum atomic E-state index is 12.8. The topological polar surface area (TPSA) is 198 Å². The maximum Gasteiger partial charge on any atom is 0.251 e. The predicted octanol–water partition coefficient (Wildman–Crippen LogP) is 1.36. The van der Waals surface area contributed by atoms with Gasteiger partial charge >= 0.3 is 0 Å². The van der Waals surface area contributed by atoms with Crippen LogP contribution in [-0.2, 0) is 34.8 Å². The molecule has 0 radical (unpaired) electrons. The highest BCUT2D eigenvalue weighted by Gasteiger charge is 2.18. The van der Waals surface area contributed by atoms with Crippen LogP contribution in [0.2, 0.25) is 0 Å². The molecule has 0 bridgehead atoms. The second-order valence-corrected chi connectivity index (χ2v) is 10.7. The fourth-order valence-corrected chi connectivity index (χ4v) is 4.53. The summed E-state index contributed by atoms with van der Waals surface area (Å²) < 4.78 is 38.0. The SMILES string of the molecule is CCC[C@@H](CO)Nc1nc(N)nc(C)c1Cc1ccc(C(=O)NCCOCCOCCOCCOCCOCCOCCO)cc1OC. The Labute approximate surface area is 283 Å². The largest absolute Gasteiger partial charge is 0.496 e. The number of rotatable bonds is 29. The Kier molecular flexibility index (Phi) is 22.1. The second-order valence-electron chi connectivity index (χ2n) is 10.7. The number of nitrogens with two attached hydrogens (primary N) is 1. The Morgan fingerprint density at radius 1 is 0.854 bits per heavy atom. The van der Waals surface area contributed by atoms with Gasteiger partial charge < -0.3 is 59.7 Å². The zero-order chi connectivity index (χ0) is 34.8. The van der Waals surface area contributed by atoms with Gasteiger partial charge in [0.1, 0.15) is 11.6 Å². The van der Waals surface area contributed by atoms with Gasteiger partial charge in [0.15, 0.2) is 0 Å². The Morgan fingerprint density at radius 2 is 1.42 bits per heavy atom. The highest BCUT2D eigenvalue weighted by molar-refractivity contribution is 5.94. The van der Waals surface area contributed by atoms with Crippen LogP contribution >= 0.6 is 0 Å². The number of nitrogen functional groups attached to an aromatic ring is 1. The summed E-state index contributed by atoms with van der Waals surface area (Å²) in [5.41, 5.74) is 8.80. The Balaban J connectivity index is 1.62. The summed E-state index contributed by atoms with van der Waals surface area (Å²) in [4.78, 5) is 21.5. The van der Waals surface area contributed by atoms with Crippen molar-refractivity contribution in [2.45, 2.75) is 39.2 Å². The number of aromatic nitrogens is 2. The van der Waals surface area contributed by atoms with Crippen molar-refractivity contribution < 1.29 is 48.2 Å². The predicted molar refractivity (Wildman–Crippen MR) is 181 cm³/mol. The van der Waals surface area contributed by atoms with E-state index in [9.17, 15) is 9.90 Å². The molecule has 2 aromatic rings. The van der Waals surface area contributed by atoms with Crippen LogP contribution < -0.4 is 21.1 Å². The molecule has 6 N–H and O–H groups in total. The molecule has 0 saturated heterocycles. The summed E-state index contributed by atoms with van der Waals surface area (Å²) in [5.74, 6) is 1.05. The lowest BCUT2D eigenvalue weighted by Crippen LogP contribution is -2.27. The van der Waals surface area contributed by atoms with Gasteiger partial charge in [0.25, 0.3) is 5.91 Å². The number of hydrogen-bond donors (Lipinski definition) is 5. The maximum absolute atomic E-state index is 12.8. The molecule has 0 aliphatic rings. The van der Waals surface area contributed by atoms with Crippen LogP contribution in [0.3, 0.4) is 0 Å². The van der Waals surface area contributed by atoms with Crippen molar-refractivity contribution in [2.75, 3.05) is 117 Å². The minimum atomic E-state index is -0.239. The molecule has 0 aliphatic carbocycles. The van der Waals surface area contributed by atoms with Gasteiger partial charge in [-0.1, -0.05) is 19.4 Å². The van der Waals surface area contributed by atoms with Crippen molar-refractivity contribution in [3.05, 3.63) is 40.6 Å². The smallest absolute Gasteiger partial charge is 0.251 e. The van der Waals surface area contributed by atoms with Crippen molar-refractivity contribution >= 4 is 17.7 Å². The number of amides is 1. The fourth-order valence-electron chi connectivity index (χ4n) is 4.53. The zero-order valence-corrected chi connectivity index (χ0v) is 28.7. The first kappa shape index (κ1) is 41.0. The number of nitrogens with zero attached hydrogens (tertiary/aromatic N) is 2. The fraction of sp³-hybridized carbons (Fsp3) is 0.667. The van der Waals surface area contributed by atoms with E-state index in [0.717, 1.165) is 29.7 Å².